The van der Waals surface area contributed by atoms with Gasteiger partial charge in [0.1, 0.15) is 24.0 Å². The number of rotatable bonds is 9. The van der Waals surface area contributed by atoms with Gasteiger partial charge in [0.05, 0.1) is 30.5 Å². The van der Waals surface area contributed by atoms with Crippen molar-refractivity contribution in [2.24, 2.45) is 57.5 Å². The lowest BCUT2D eigenvalue weighted by Gasteiger charge is -2.64. The summed E-state index contributed by atoms with van der Waals surface area (Å²) in [5.74, 6) is 1.48. The molecule has 9 nitrogen and oxygen atoms in total. The van der Waals surface area contributed by atoms with Crippen LogP contribution in [0.3, 0.4) is 0 Å². The summed E-state index contributed by atoms with van der Waals surface area (Å²) in [7, 11) is 0. The third-order valence-corrected chi connectivity index (χ3v) is 18.1. The number of hydrogen-bond donors (Lipinski definition) is 6. The molecule has 3 heterocycles. The number of nitrogens with two attached hydrogens (primary N) is 2. The maximum absolute atomic E-state index is 14.4. The van der Waals surface area contributed by atoms with Crippen LogP contribution in [0.1, 0.15) is 143 Å². The van der Waals surface area contributed by atoms with Crippen LogP contribution in [-0.4, -0.2) is 87.2 Å². The molecular weight excluding hydrogens is 668 g/mol. The van der Waals surface area contributed by atoms with Crippen molar-refractivity contribution in [2.45, 2.75) is 185 Å². The van der Waals surface area contributed by atoms with Crippen molar-refractivity contribution in [3.63, 3.8) is 0 Å². The molecule has 4 saturated carbocycles. The molecule has 15 atom stereocenters. The number of quaternary nitrogens is 1. The van der Waals surface area contributed by atoms with Gasteiger partial charge in [-0.15, -0.1) is 0 Å². The Kier molecular flexibility index (Phi) is 10.2. The Bertz CT molecular complexity index is 1420. The van der Waals surface area contributed by atoms with Crippen molar-refractivity contribution in [3.05, 3.63) is 11.6 Å². The summed E-state index contributed by atoms with van der Waals surface area (Å²) in [6.07, 6.45) is 17.5. The van der Waals surface area contributed by atoms with Crippen LogP contribution in [0.15, 0.2) is 11.6 Å². The third-order valence-electron chi connectivity index (χ3n) is 18.1. The molecule has 0 spiro atoms. The third kappa shape index (κ3) is 5.93. The number of allylic oxidation sites excluding steroid dienone is 1. The monoisotopic (exact) mass is 742 g/mol. The number of aliphatic hydroxyl groups excluding tert-OH is 2. The van der Waals surface area contributed by atoms with Gasteiger partial charge in [-0.3, -0.25) is 10.5 Å². The molecule has 3 aliphatic heterocycles. The number of piperidine rings is 1. The number of epoxide rings is 1. The van der Waals surface area contributed by atoms with Gasteiger partial charge in [0.15, 0.2) is 5.78 Å². The van der Waals surface area contributed by atoms with Crippen LogP contribution in [0.2, 0.25) is 0 Å². The van der Waals surface area contributed by atoms with Crippen molar-refractivity contribution >= 4 is 5.78 Å². The average molecular weight is 742 g/mol. The summed E-state index contributed by atoms with van der Waals surface area (Å²) in [4.78, 5) is 14.4. The minimum absolute atomic E-state index is 0.0117. The van der Waals surface area contributed by atoms with Crippen LogP contribution in [0.25, 0.3) is 0 Å². The topological polar surface area (TPSA) is 162 Å². The highest BCUT2D eigenvalue weighted by atomic mass is 16.6. The summed E-state index contributed by atoms with van der Waals surface area (Å²) in [6.45, 7) is 9.97. The highest BCUT2D eigenvalue weighted by Crippen LogP contribution is 2.72. The molecule has 0 radical (unpaired) electrons. The Morgan fingerprint density at radius 3 is 2.49 bits per heavy atom. The second kappa shape index (κ2) is 13.9. The first-order valence-corrected chi connectivity index (χ1v) is 22.0. The molecule has 7 fully saturated rings. The van der Waals surface area contributed by atoms with Gasteiger partial charge >= 0.3 is 0 Å². The predicted molar refractivity (Wildman–Crippen MR) is 202 cm³/mol. The summed E-state index contributed by atoms with van der Waals surface area (Å²) in [6, 6.07) is 0. The number of carbonyl (C=O) groups excluding carboxylic acids is 1. The minimum atomic E-state index is -1.29. The molecule has 0 amide bonds. The first kappa shape index (κ1) is 38.9. The van der Waals surface area contributed by atoms with Gasteiger partial charge in [0.25, 0.3) is 0 Å². The fourth-order valence-corrected chi connectivity index (χ4v) is 14.7. The molecule has 0 aromatic carbocycles. The minimum Gasteiger partial charge on any atom is -0.396 e. The molecule has 9 heteroatoms. The lowest BCUT2D eigenvalue weighted by atomic mass is 9.41. The molecule has 8 N–H and O–H groups in total. The van der Waals surface area contributed by atoms with E-state index in [1.54, 1.807) is 0 Å². The van der Waals surface area contributed by atoms with Crippen LogP contribution in [0, 0.1) is 51.8 Å². The number of ketones is 1. The van der Waals surface area contributed by atoms with Crippen molar-refractivity contribution in [1.29, 1.82) is 0 Å². The molecule has 2 unspecified atom stereocenters. The molecule has 3 saturated heterocycles. The van der Waals surface area contributed by atoms with Gasteiger partial charge in [0.2, 0.25) is 0 Å². The van der Waals surface area contributed by atoms with Crippen molar-refractivity contribution < 1.29 is 40.0 Å². The Morgan fingerprint density at radius 2 is 1.77 bits per heavy atom. The lowest BCUT2D eigenvalue weighted by molar-refractivity contribution is -0.699. The summed E-state index contributed by atoms with van der Waals surface area (Å²) in [5, 5.41) is 49.8. The summed E-state index contributed by atoms with van der Waals surface area (Å²) in [5.41, 5.74) is 2.71. The van der Waals surface area contributed by atoms with Crippen molar-refractivity contribution in [3.8, 4) is 0 Å². The Balaban J connectivity index is 1.10. The summed E-state index contributed by atoms with van der Waals surface area (Å²) >= 11 is 0. The van der Waals surface area contributed by atoms with E-state index in [2.05, 4.69) is 19.2 Å². The van der Waals surface area contributed by atoms with Gasteiger partial charge in [-0.25, -0.2) is 0 Å². The molecular formula is C44H73N2O7+. The Labute approximate surface area is 318 Å². The van der Waals surface area contributed by atoms with Gasteiger partial charge in [-0.2, -0.15) is 0 Å². The SMILES string of the molecule is C[C@H]1CCO[C@@]([C@@H]2O[C@@H]2[C@](C)(O)[C@](C)(CO)CCC2CC[NH2+]C(N)C2)([C@@H]2CC[C@]3(O)C4=CC(=O)[C@H]5C[C@@H](O)CC[C@]5(C5CCCCC5)[C@@H]4CC[C@]23C)C1. The molecule has 0 aromatic rings. The second-order valence-electron chi connectivity index (χ2n) is 20.8. The lowest BCUT2D eigenvalue weighted by Crippen LogP contribution is -2.94. The number of ether oxygens (including phenoxy) is 2. The molecule has 8 rings (SSSR count). The number of aliphatic hydroxyl groups is 4. The first-order chi connectivity index (χ1) is 25.1. The number of fused-ring (bicyclic) bond motifs is 5. The van der Waals surface area contributed by atoms with E-state index < -0.39 is 39.8 Å². The quantitative estimate of drug-likeness (QED) is 0.188. The first-order valence-electron chi connectivity index (χ1n) is 22.0. The normalized spacial score (nSPS) is 49.9. The zero-order valence-electron chi connectivity index (χ0n) is 33.4. The number of hydrogen-bond acceptors (Lipinski definition) is 8. The van der Waals surface area contributed by atoms with Crippen LogP contribution < -0.4 is 11.1 Å². The fourth-order valence-electron chi connectivity index (χ4n) is 14.7. The molecule has 0 bridgehead atoms. The molecule has 0 aromatic heterocycles. The van der Waals surface area contributed by atoms with E-state index in [0.29, 0.717) is 43.6 Å². The van der Waals surface area contributed by atoms with Gasteiger partial charge < -0.3 is 35.2 Å². The van der Waals surface area contributed by atoms with Crippen LogP contribution in [0.5, 0.6) is 0 Å². The zero-order valence-corrected chi connectivity index (χ0v) is 33.4. The highest BCUT2D eigenvalue weighted by Gasteiger charge is 2.75. The zero-order chi connectivity index (χ0) is 37.6. The van der Waals surface area contributed by atoms with Crippen LogP contribution >= 0.6 is 0 Å². The Morgan fingerprint density at radius 1 is 1.00 bits per heavy atom. The molecule has 300 valence electrons. The van der Waals surface area contributed by atoms with E-state index in [4.69, 9.17) is 15.2 Å². The number of carbonyl (C=O) groups is 1. The van der Waals surface area contributed by atoms with E-state index in [0.717, 1.165) is 89.2 Å². The smallest absolute Gasteiger partial charge is 0.159 e. The van der Waals surface area contributed by atoms with E-state index in [1.165, 1.54) is 19.3 Å². The van der Waals surface area contributed by atoms with E-state index in [1.807, 2.05) is 19.9 Å². The average Bonchev–Trinajstić information content (AvgIpc) is 3.91. The Hall–Kier alpha value is -0.910. The van der Waals surface area contributed by atoms with Crippen LogP contribution in [-0.2, 0) is 14.3 Å². The standard InChI is InChI=1S/C44H72N2O7/c1-27-15-21-52-43(25-27,38-37(53-38)41(4,50)39(2,26-47)16-10-28-14-20-46-36(45)22-28)35-13-19-44(51)32-24-34(49)33-23-30(48)11-18-42(33,29-8-6-5-7-9-29)31(32)12-17-40(35,44)3/h24,27-31,33,35-38,46-48,50-51H,5-23,25-26,45H2,1-4H3/p+1/t27-,28?,30-,31+,33+,35+,36?,37-,38+,39-,40+,41-,42-,43+,44-/m0/s1. The largest absolute Gasteiger partial charge is 0.396 e. The van der Waals surface area contributed by atoms with Crippen molar-refractivity contribution in [1.82, 2.24) is 0 Å². The molecule has 53 heavy (non-hydrogen) atoms. The van der Waals surface area contributed by atoms with E-state index in [-0.39, 0.29) is 47.8 Å². The fraction of sp³-hybridized carbons (Fsp3) is 0.932. The van der Waals surface area contributed by atoms with E-state index in [9.17, 15) is 25.2 Å². The van der Waals surface area contributed by atoms with Crippen LogP contribution in [0.4, 0.5) is 0 Å². The van der Waals surface area contributed by atoms with Crippen molar-refractivity contribution in [2.75, 3.05) is 19.8 Å². The maximum atomic E-state index is 14.4. The van der Waals surface area contributed by atoms with E-state index >= 15 is 0 Å². The molecule has 5 aliphatic carbocycles. The molecule has 8 aliphatic rings. The predicted octanol–water partition coefficient (Wildman–Crippen LogP) is 4.52. The van der Waals surface area contributed by atoms with Gasteiger partial charge in [-0.05, 0) is 143 Å². The van der Waals surface area contributed by atoms with Gasteiger partial charge in [-0.1, -0.05) is 40.0 Å². The van der Waals surface area contributed by atoms with Gasteiger partial charge in [0, 0.05) is 29.8 Å². The maximum Gasteiger partial charge on any atom is 0.159 e. The second-order valence-corrected chi connectivity index (χ2v) is 20.8. The summed E-state index contributed by atoms with van der Waals surface area (Å²) < 4.78 is 13.8. The highest BCUT2D eigenvalue weighted by molar-refractivity contribution is 5.95.